The molecule has 0 spiro atoms. The number of aryl methyl sites for hydroxylation is 1. The lowest BCUT2D eigenvalue weighted by Crippen LogP contribution is -2.31. The van der Waals surface area contributed by atoms with Gasteiger partial charge in [0.25, 0.3) is 0 Å². The number of ether oxygens (including phenoxy) is 2. The lowest BCUT2D eigenvalue weighted by atomic mass is 10.0. The van der Waals surface area contributed by atoms with Gasteiger partial charge < -0.3 is 35.5 Å². The molecule has 0 saturated carbocycles. The number of imidazole rings is 1. The van der Waals surface area contributed by atoms with Crippen LogP contribution in [0.5, 0.6) is 0 Å². The highest BCUT2D eigenvalue weighted by Gasteiger charge is 2.32. The van der Waals surface area contributed by atoms with Crippen molar-refractivity contribution in [2.24, 2.45) is 7.05 Å². The van der Waals surface area contributed by atoms with Crippen LogP contribution in [-0.4, -0.2) is 38.3 Å². The predicted molar refractivity (Wildman–Crippen MR) is 175 cm³/mol. The minimum atomic E-state index is -0.588. The fourth-order valence-electron chi connectivity index (χ4n) is 5.02. The second-order valence-corrected chi connectivity index (χ2v) is 12.0. The van der Waals surface area contributed by atoms with Crippen LogP contribution in [0.15, 0.2) is 90.3 Å². The van der Waals surface area contributed by atoms with Crippen molar-refractivity contribution in [2.45, 2.75) is 62.4 Å². The zero-order valence-corrected chi connectivity index (χ0v) is 26.0. The van der Waals surface area contributed by atoms with Crippen molar-refractivity contribution in [3.05, 3.63) is 102 Å². The number of aliphatic hydroxyl groups is 1. The first kappa shape index (κ1) is 32.2. The Balaban J connectivity index is 1.13. The van der Waals surface area contributed by atoms with Gasteiger partial charge in [-0.2, -0.15) is 0 Å². The lowest BCUT2D eigenvalue weighted by Gasteiger charge is -2.36. The number of amides is 2. The number of benzene rings is 3. The van der Waals surface area contributed by atoms with Gasteiger partial charge in [0, 0.05) is 55.7 Å². The Bertz CT molecular complexity index is 1560. The molecule has 5 rings (SSSR count). The maximum absolute atomic E-state index is 12.6. The number of hydrogen-bond acceptors (Lipinski definition) is 8. The number of para-hydroxylation sites is 2. The number of unbranched alkanes of at least 4 members (excludes halogenated alkanes) is 1. The van der Waals surface area contributed by atoms with Crippen molar-refractivity contribution in [1.29, 1.82) is 0 Å². The highest BCUT2D eigenvalue weighted by atomic mass is 32.2. The molecule has 1 aliphatic heterocycles. The monoisotopic (exact) mass is 629 g/mol. The van der Waals surface area contributed by atoms with E-state index in [1.165, 1.54) is 0 Å². The van der Waals surface area contributed by atoms with E-state index in [2.05, 4.69) is 15.6 Å². The molecule has 1 fully saturated rings. The minimum Gasteiger partial charge on any atom is -0.397 e. The quantitative estimate of drug-likeness (QED) is 0.0806. The zero-order chi connectivity index (χ0) is 31.6. The van der Waals surface area contributed by atoms with Gasteiger partial charge in [-0.1, -0.05) is 60.3 Å². The fraction of sp³-hybridized carbons (Fsp3) is 0.324. The first-order valence-corrected chi connectivity index (χ1v) is 16.0. The molecule has 0 bridgehead atoms. The largest absolute Gasteiger partial charge is 0.397 e. The molecule has 10 nitrogen and oxygen atoms in total. The number of carbonyl (C=O) groups excluding carboxylic acids is 2. The fourth-order valence-corrected chi connectivity index (χ4v) is 5.97. The van der Waals surface area contributed by atoms with E-state index in [-0.39, 0.29) is 30.6 Å². The predicted octanol–water partition coefficient (Wildman–Crippen LogP) is 5.97. The van der Waals surface area contributed by atoms with Crippen LogP contribution in [0.1, 0.15) is 61.2 Å². The number of hydrogen-bond donors (Lipinski definition) is 4. The number of thioether (sulfide) groups is 1. The maximum Gasteiger partial charge on any atom is 0.224 e. The number of nitrogen functional groups attached to an aromatic ring is 1. The molecule has 2 heterocycles. The molecule has 236 valence electrons. The summed E-state index contributed by atoms with van der Waals surface area (Å²) >= 11 is 1.64. The van der Waals surface area contributed by atoms with E-state index >= 15 is 0 Å². The van der Waals surface area contributed by atoms with Crippen LogP contribution < -0.4 is 16.4 Å². The van der Waals surface area contributed by atoms with Gasteiger partial charge >= 0.3 is 0 Å². The highest BCUT2D eigenvalue weighted by molar-refractivity contribution is 7.99. The van der Waals surface area contributed by atoms with Crippen molar-refractivity contribution in [3.8, 4) is 0 Å². The Kier molecular flexibility index (Phi) is 11.3. The molecule has 1 aromatic heterocycles. The molecule has 5 N–H and O–H groups in total. The molecule has 11 heteroatoms. The molecular weight excluding hydrogens is 590 g/mol. The van der Waals surface area contributed by atoms with Gasteiger partial charge in [-0.3, -0.25) is 9.59 Å². The topological polar surface area (TPSA) is 141 Å². The Morgan fingerprint density at radius 2 is 1.64 bits per heavy atom. The average molecular weight is 630 g/mol. The van der Waals surface area contributed by atoms with Crippen LogP contribution in [0.3, 0.4) is 0 Å². The standard InChI is InChI=1S/C34H39N5O5S/c1-39-19-18-36-34(39)45-22-27-20-30(24-12-10-23(21-40)11-13-24)44-33(43-27)25-14-16-26(17-15-25)37-31(41)8-4-5-9-32(42)38-29-7-3-2-6-28(29)35/h2-3,6-7,10-19,27,30,33,40H,4-5,8-9,20-22,35H2,1H3,(H,37,41)(H,38,42)/t27-,30+,33+/m1/s1. The summed E-state index contributed by atoms with van der Waals surface area (Å²) in [5, 5.41) is 16.1. The average Bonchev–Trinajstić information content (AvgIpc) is 3.47. The molecule has 2 amide bonds. The van der Waals surface area contributed by atoms with E-state index in [0.717, 1.165) is 21.8 Å². The van der Waals surface area contributed by atoms with Crippen molar-refractivity contribution >= 4 is 40.6 Å². The van der Waals surface area contributed by atoms with Gasteiger partial charge in [0.1, 0.15) is 0 Å². The second kappa shape index (κ2) is 15.7. The summed E-state index contributed by atoms with van der Waals surface area (Å²) in [6.45, 7) is -0.00873. The van der Waals surface area contributed by atoms with Gasteiger partial charge in [-0.25, -0.2) is 4.98 Å². The second-order valence-electron chi connectivity index (χ2n) is 11.0. The minimum absolute atomic E-state index is 0.00873. The van der Waals surface area contributed by atoms with Crippen LogP contribution in [0.2, 0.25) is 0 Å². The maximum atomic E-state index is 12.6. The Hall–Kier alpha value is -4.16. The molecular formula is C34H39N5O5S. The SMILES string of the molecule is Cn1ccnc1SC[C@H]1C[C@@H](c2ccc(CO)cc2)O[C@@H](c2ccc(NC(=O)CCCCC(=O)Nc3ccccc3N)cc2)O1. The van der Waals surface area contributed by atoms with E-state index in [9.17, 15) is 14.7 Å². The number of aliphatic hydroxyl groups excluding tert-OH is 1. The molecule has 4 aromatic rings. The summed E-state index contributed by atoms with van der Waals surface area (Å²) in [6.07, 6.45) is 5.32. The van der Waals surface area contributed by atoms with E-state index in [1.807, 2.05) is 78.5 Å². The van der Waals surface area contributed by atoms with Gasteiger partial charge in [-0.15, -0.1) is 0 Å². The third kappa shape index (κ3) is 9.18. The first-order chi connectivity index (χ1) is 21.9. The Labute approximate surface area is 267 Å². The molecule has 3 atom stereocenters. The summed E-state index contributed by atoms with van der Waals surface area (Å²) in [7, 11) is 1.97. The molecule has 1 aliphatic rings. The summed E-state index contributed by atoms with van der Waals surface area (Å²) < 4.78 is 14.8. The van der Waals surface area contributed by atoms with Crippen molar-refractivity contribution in [1.82, 2.24) is 9.55 Å². The normalized spacial score (nSPS) is 18.0. The Morgan fingerprint density at radius 3 is 2.31 bits per heavy atom. The number of nitrogens with two attached hydrogens (primary N) is 1. The molecule has 1 saturated heterocycles. The van der Waals surface area contributed by atoms with Gasteiger partial charge in [0.05, 0.1) is 30.2 Å². The molecule has 45 heavy (non-hydrogen) atoms. The highest BCUT2D eigenvalue weighted by Crippen LogP contribution is 2.39. The number of nitrogens with one attached hydrogen (secondary N) is 2. The summed E-state index contributed by atoms with van der Waals surface area (Å²) in [4.78, 5) is 29.2. The van der Waals surface area contributed by atoms with Crippen LogP contribution in [0, 0.1) is 0 Å². The Morgan fingerprint density at radius 1 is 0.956 bits per heavy atom. The lowest BCUT2D eigenvalue weighted by molar-refractivity contribution is -0.245. The third-order valence-corrected chi connectivity index (χ3v) is 8.74. The first-order valence-electron chi connectivity index (χ1n) is 15.0. The summed E-state index contributed by atoms with van der Waals surface area (Å²) in [5.41, 5.74) is 10.4. The number of aromatic nitrogens is 2. The third-order valence-electron chi connectivity index (χ3n) is 7.55. The van der Waals surface area contributed by atoms with Crippen LogP contribution in [0.4, 0.5) is 17.1 Å². The van der Waals surface area contributed by atoms with E-state index in [4.69, 9.17) is 15.2 Å². The summed E-state index contributed by atoms with van der Waals surface area (Å²) in [5.74, 6) is 0.475. The van der Waals surface area contributed by atoms with Crippen molar-refractivity contribution in [2.75, 3.05) is 22.1 Å². The van der Waals surface area contributed by atoms with Crippen molar-refractivity contribution < 1.29 is 24.2 Å². The van der Waals surface area contributed by atoms with Gasteiger partial charge in [-0.05, 0) is 48.2 Å². The number of rotatable bonds is 13. The smallest absolute Gasteiger partial charge is 0.224 e. The van der Waals surface area contributed by atoms with E-state index < -0.39 is 6.29 Å². The number of nitrogens with zero attached hydrogens (tertiary/aromatic N) is 2. The molecule has 0 unspecified atom stereocenters. The molecule has 3 aromatic carbocycles. The van der Waals surface area contributed by atoms with Crippen LogP contribution in [-0.2, 0) is 32.7 Å². The molecule has 0 radical (unpaired) electrons. The van der Waals surface area contributed by atoms with Crippen molar-refractivity contribution in [3.63, 3.8) is 0 Å². The van der Waals surface area contributed by atoms with E-state index in [0.29, 0.717) is 54.9 Å². The number of anilines is 3. The number of carbonyl (C=O) groups is 2. The van der Waals surface area contributed by atoms with E-state index in [1.54, 1.807) is 30.1 Å². The van der Waals surface area contributed by atoms with Gasteiger partial charge in [0.15, 0.2) is 11.4 Å². The molecule has 0 aliphatic carbocycles. The van der Waals surface area contributed by atoms with Crippen LogP contribution in [0.25, 0.3) is 0 Å². The summed E-state index contributed by atoms with van der Waals surface area (Å²) in [6, 6.07) is 22.4. The zero-order valence-electron chi connectivity index (χ0n) is 25.2. The van der Waals surface area contributed by atoms with Gasteiger partial charge in [0.2, 0.25) is 11.8 Å². The van der Waals surface area contributed by atoms with Crippen LogP contribution >= 0.6 is 11.8 Å².